The van der Waals surface area contributed by atoms with E-state index >= 15 is 0 Å². The van der Waals surface area contributed by atoms with Crippen LogP contribution >= 0.6 is 15.9 Å². The summed E-state index contributed by atoms with van der Waals surface area (Å²) in [5, 5.41) is 3.19. The minimum Gasteiger partial charge on any atom is -0.380 e. The van der Waals surface area contributed by atoms with Crippen molar-refractivity contribution in [2.24, 2.45) is 0 Å². The predicted molar refractivity (Wildman–Crippen MR) is 70.4 cm³/mol. The smallest absolute Gasteiger partial charge is 0.212 e. The van der Waals surface area contributed by atoms with Gasteiger partial charge in [-0.25, -0.2) is 4.98 Å². The van der Waals surface area contributed by atoms with E-state index in [-0.39, 0.29) is 0 Å². The van der Waals surface area contributed by atoms with Crippen LogP contribution in [0.2, 0.25) is 0 Å². The third-order valence-corrected chi connectivity index (χ3v) is 3.16. The molecule has 0 spiro atoms. The second kappa shape index (κ2) is 5.27. The Kier molecular flexibility index (Phi) is 3.74. The van der Waals surface area contributed by atoms with Crippen LogP contribution in [0.25, 0.3) is 0 Å². The molecule has 0 saturated carbocycles. The quantitative estimate of drug-likeness (QED) is 0.869. The highest BCUT2D eigenvalue weighted by atomic mass is 79.9. The number of pyridine rings is 1. The summed E-state index contributed by atoms with van der Waals surface area (Å²) in [4.78, 5) is 3.59. The Bertz CT molecular complexity index is 511. The van der Waals surface area contributed by atoms with Crippen molar-refractivity contribution in [3.05, 3.63) is 58.1 Å². The normalized spacial score (nSPS) is 10.3. The average Bonchev–Trinajstić information content (AvgIpc) is 2.30. The van der Waals surface area contributed by atoms with Gasteiger partial charge in [0.15, 0.2) is 0 Å². The second-order valence-electron chi connectivity index (χ2n) is 3.82. The number of rotatable bonds is 3. The van der Waals surface area contributed by atoms with Gasteiger partial charge in [-0.1, -0.05) is 28.1 Å². The number of hydrogen-bond acceptors (Lipinski definition) is 2. The Morgan fingerprint density at radius 2 is 2.12 bits per heavy atom. The topological polar surface area (TPSA) is 24.9 Å². The molecule has 0 atom stereocenters. The van der Waals surface area contributed by atoms with Crippen molar-refractivity contribution in [2.75, 3.05) is 5.32 Å². The van der Waals surface area contributed by atoms with Gasteiger partial charge in [0.1, 0.15) is 0 Å². The van der Waals surface area contributed by atoms with E-state index in [1.807, 2.05) is 6.92 Å². The first-order chi connectivity index (χ1) is 8.15. The molecule has 2 aromatic rings. The number of benzene rings is 1. The summed E-state index contributed by atoms with van der Waals surface area (Å²) in [5.41, 5.74) is 3.17. The van der Waals surface area contributed by atoms with E-state index < -0.39 is 5.95 Å². The van der Waals surface area contributed by atoms with Gasteiger partial charge in [0.05, 0.1) is 11.9 Å². The number of aryl methyl sites for hydroxylation is 1. The molecule has 1 aromatic carbocycles. The summed E-state index contributed by atoms with van der Waals surface area (Å²) in [6, 6.07) is 9.20. The van der Waals surface area contributed by atoms with Gasteiger partial charge in [0.2, 0.25) is 5.95 Å². The fourth-order valence-electron chi connectivity index (χ4n) is 1.47. The summed E-state index contributed by atoms with van der Waals surface area (Å²) < 4.78 is 13.7. The van der Waals surface area contributed by atoms with Crippen molar-refractivity contribution in [2.45, 2.75) is 13.5 Å². The van der Waals surface area contributed by atoms with Crippen LogP contribution in [0.15, 0.2) is 41.0 Å². The van der Waals surface area contributed by atoms with E-state index in [1.54, 1.807) is 6.07 Å². The van der Waals surface area contributed by atoms with Crippen LogP contribution in [0.4, 0.5) is 10.1 Å². The van der Waals surface area contributed by atoms with Crippen LogP contribution in [0.5, 0.6) is 0 Å². The minimum absolute atomic E-state index is 0.466. The SMILES string of the molecule is Cc1ccc(CNc2ccc(F)nc2)c(Br)c1. The number of nitrogens with zero attached hydrogens (tertiary/aromatic N) is 1. The molecule has 2 rings (SSSR count). The van der Waals surface area contributed by atoms with Crippen molar-refractivity contribution < 1.29 is 4.39 Å². The number of halogens is 2. The first-order valence-corrected chi connectivity index (χ1v) is 6.05. The monoisotopic (exact) mass is 294 g/mol. The van der Waals surface area contributed by atoms with Gasteiger partial charge < -0.3 is 5.32 Å². The Morgan fingerprint density at radius 1 is 1.29 bits per heavy atom. The molecule has 17 heavy (non-hydrogen) atoms. The lowest BCUT2D eigenvalue weighted by molar-refractivity contribution is 0.584. The van der Waals surface area contributed by atoms with Crippen molar-refractivity contribution in [3.63, 3.8) is 0 Å². The lowest BCUT2D eigenvalue weighted by atomic mass is 10.1. The molecule has 1 N–H and O–H groups in total. The first kappa shape index (κ1) is 12.0. The summed E-state index contributed by atoms with van der Waals surface area (Å²) in [7, 11) is 0. The maximum atomic E-state index is 12.6. The maximum Gasteiger partial charge on any atom is 0.212 e. The van der Waals surface area contributed by atoms with E-state index in [9.17, 15) is 4.39 Å². The van der Waals surface area contributed by atoms with Gasteiger partial charge in [-0.3, -0.25) is 0 Å². The molecular formula is C13H12BrFN2. The average molecular weight is 295 g/mol. The van der Waals surface area contributed by atoms with E-state index in [0.717, 1.165) is 15.7 Å². The second-order valence-corrected chi connectivity index (χ2v) is 4.67. The Hall–Kier alpha value is -1.42. The van der Waals surface area contributed by atoms with Gasteiger partial charge >= 0.3 is 0 Å². The number of aromatic nitrogens is 1. The molecule has 0 unspecified atom stereocenters. The molecule has 1 aromatic heterocycles. The van der Waals surface area contributed by atoms with Crippen LogP contribution in [0, 0.1) is 12.9 Å². The highest BCUT2D eigenvalue weighted by molar-refractivity contribution is 9.10. The van der Waals surface area contributed by atoms with Gasteiger partial charge in [0.25, 0.3) is 0 Å². The van der Waals surface area contributed by atoms with Gasteiger partial charge in [0, 0.05) is 11.0 Å². The van der Waals surface area contributed by atoms with Gasteiger partial charge in [-0.15, -0.1) is 0 Å². The Balaban J connectivity index is 2.04. The molecule has 0 aliphatic carbocycles. The molecule has 0 fully saturated rings. The lowest BCUT2D eigenvalue weighted by Gasteiger charge is -2.08. The highest BCUT2D eigenvalue weighted by Gasteiger charge is 2.00. The van der Waals surface area contributed by atoms with Crippen LogP contribution in [-0.4, -0.2) is 4.98 Å². The van der Waals surface area contributed by atoms with Crippen molar-refractivity contribution in [1.82, 2.24) is 4.98 Å². The largest absolute Gasteiger partial charge is 0.380 e. The third kappa shape index (κ3) is 3.27. The fraction of sp³-hybridized carbons (Fsp3) is 0.154. The molecule has 0 aliphatic rings. The van der Waals surface area contributed by atoms with Crippen molar-refractivity contribution in [3.8, 4) is 0 Å². The zero-order valence-electron chi connectivity index (χ0n) is 9.37. The molecule has 2 nitrogen and oxygen atoms in total. The third-order valence-electron chi connectivity index (χ3n) is 2.42. The number of anilines is 1. The minimum atomic E-state index is -0.466. The van der Waals surface area contributed by atoms with E-state index in [2.05, 4.69) is 44.4 Å². The van der Waals surface area contributed by atoms with Crippen molar-refractivity contribution >= 4 is 21.6 Å². The predicted octanol–water partition coefficient (Wildman–Crippen LogP) is 3.90. The molecule has 4 heteroatoms. The summed E-state index contributed by atoms with van der Waals surface area (Å²) in [6.07, 6.45) is 1.48. The van der Waals surface area contributed by atoms with Crippen LogP contribution in [-0.2, 0) is 6.54 Å². The lowest BCUT2D eigenvalue weighted by Crippen LogP contribution is -2.01. The van der Waals surface area contributed by atoms with E-state index in [4.69, 9.17) is 0 Å². The molecule has 88 valence electrons. The molecular weight excluding hydrogens is 283 g/mol. The molecule has 0 saturated heterocycles. The Labute approximate surface area is 108 Å². The first-order valence-electron chi connectivity index (χ1n) is 5.25. The molecule has 0 bridgehead atoms. The van der Waals surface area contributed by atoms with Crippen LogP contribution in [0.1, 0.15) is 11.1 Å². The number of hydrogen-bond donors (Lipinski definition) is 1. The highest BCUT2D eigenvalue weighted by Crippen LogP contribution is 2.19. The van der Waals surface area contributed by atoms with Crippen LogP contribution in [0.3, 0.4) is 0 Å². The molecule has 0 amide bonds. The zero-order valence-corrected chi connectivity index (χ0v) is 11.0. The summed E-state index contributed by atoms with van der Waals surface area (Å²) in [5.74, 6) is -0.466. The Morgan fingerprint density at radius 3 is 2.76 bits per heavy atom. The van der Waals surface area contributed by atoms with E-state index in [0.29, 0.717) is 6.54 Å². The van der Waals surface area contributed by atoms with Gasteiger partial charge in [-0.05, 0) is 36.2 Å². The van der Waals surface area contributed by atoms with E-state index in [1.165, 1.54) is 17.8 Å². The zero-order chi connectivity index (χ0) is 12.3. The molecule has 0 aliphatic heterocycles. The van der Waals surface area contributed by atoms with Crippen molar-refractivity contribution in [1.29, 1.82) is 0 Å². The van der Waals surface area contributed by atoms with Gasteiger partial charge in [-0.2, -0.15) is 4.39 Å². The summed E-state index contributed by atoms with van der Waals surface area (Å²) in [6.45, 7) is 2.72. The molecule has 1 heterocycles. The number of nitrogens with one attached hydrogen (secondary N) is 1. The van der Waals surface area contributed by atoms with Crippen LogP contribution < -0.4 is 5.32 Å². The fourth-order valence-corrected chi connectivity index (χ4v) is 2.11. The summed E-state index contributed by atoms with van der Waals surface area (Å²) >= 11 is 3.52. The standard InChI is InChI=1S/C13H12BrFN2/c1-9-2-3-10(12(14)6-9)7-16-11-4-5-13(15)17-8-11/h2-6,8,16H,7H2,1H3. The maximum absolute atomic E-state index is 12.6. The molecule has 0 radical (unpaired) electrons.